The molecular weight excluding hydrogens is 224 g/mol. The minimum absolute atomic E-state index is 1.19. The standard InChI is InChI=1S/C14H30N4/c1-5-15-6-2-11-18-12-4-8-16-7-3-10-17(9-1)13-14-18/h15-16H,1-14H2. The van der Waals surface area contributed by atoms with Crippen LogP contribution in [0.2, 0.25) is 0 Å². The Morgan fingerprint density at radius 2 is 0.778 bits per heavy atom. The SMILES string of the molecule is C1CNCCCN2CCCNCCCN(C1)CC2. The second kappa shape index (κ2) is 8.86. The highest BCUT2D eigenvalue weighted by Gasteiger charge is 2.11. The van der Waals surface area contributed by atoms with Crippen LogP contribution in [0.15, 0.2) is 0 Å². The molecule has 0 saturated carbocycles. The van der Waals surface area contributed by atoms with E-state index in [1.165, 1.54) is 91.1 Å². The summed E-state index contributed by atoms with van der Waals surface area (Å²) in [5.41, 5.74) is 0. The molecule has 2 rings (SSSR count). The summed E-state index contributed by atoms with van der Waals surface area (Å²) in [6.07, 6.45) is 5.20. The fourth-order valence-corrected chi connectivity index (χ4v) is 2.91. The van der Waals surface area contributed by atoms with Crippen molar-refractivity contribution in [1.29, 1.82) is 0 Å². The maximum Gasteiger partial charge on any atom is 0.0109 e. The summed E-state index contributed by atoms with van der Waals surface area (Å²) in [6.45, 7) is 12.3. The van der Waals surface area contributed by atoms with Gasteiger partial charge >= 0.3 is 0 Å². The van der Waals surface area contributed by atoms with Gasteiger partial charge in [-0.2, -0.15) is 0 Å². The summed E-state index contributed by atoms with van der Waals surface area (Å²) in [4.78, 5) is 5.32. The molecule has 0 aliphatic carbocycles. The summed E-state index contributed by atoms with van der Waals surface area (Å²) < 4.78 is 0. The number of fused-ring (bicyclic) bond motifs is 3. The Labute approximate surface area is 112 Å². The molecule has 0 spiro atoms. The maximum absolute atomic E-state index is 3.57. The third-order valence-electron chi connectivity index (χ3n) is 4.04. The van der Waals surface area contributed by atoms with Gasteiger partial charge in [-0.3, -0.25) is 0 Å². The van der Waals surface area contributed by atoms with Crippen LogP contribution in [0.5, 0.6) is 0 Å². The van der Waals surface area contributed by atoms with Crippen LogP contribution in [0.25, 0.3) is 0 Å². The van der Waals surface area contributed by atoms with Gasteiger partial charge in [-0.05, 0) is 78.0 Å². The number of nitrogens with one attached hydrogen (secondary N) is 2. The molecule has 106 valence electrons. The van der Waals surface area contributed by atoms with Gasteiger partial charge in [-0.25, -0.2) is 0 Å². The average molecular weight is 254 g/mol. The van der Waals surface area contributed by atoms with Crippen LogP contribution in [-0.4, -0.2) is 75.2 Å². The van der Waals surface area contributed by atoms with E-state index in [4.69, 9.17) is 0 Å². The molecular formula is C14H30N4. The maximum atomic E-state index is 3.57. The van der Waals surface area contributed by atoms with Crippen molar-refractivity contribution in [2.24, 2.45) is 0 Å². The van der Waals surface area contributed by atoms with E-state index in [1.54, 1.807) is 0 Å². The van der Waals surface area contributed by atoms with Crippen LogP contribution < -0.4 is 10.6 Å². The lowest BCUT2D eigenvalue weighted by Gasteiger charge is -2.26. The van der Waals surface area contributed by atoms with E-state index in [0.717, 1.165) is 0 Å². The molecule has 2 heterocycles. The van der Waals surface area contributed by atoms with E-state index >= 15 is 0 Å². The molecule has 2 bridgehead atoms. The zero-order chi connectivity index (χ0) is 12.5. The van der Waals surface area contributed by atoms with Crippen LogP contribution in [0.3, 0.4) is 0 Å². The highest BCUT2D eigenvalue weighted by molar-refractivity contribution is 4.69. The summed E-state index contributed by atoms with van der Waals surface area (Å²) in [5, 5.41) is 7.14. The molecule has 0 aromatic carbocycles. The van der Waals surface area contributed by atoms with Crippen molar-refractivity contribution in [3.05, 3.63) is 0 Å². The molecule has 0 radical (unpaired) electrons. The van der Waals surface area contributed by atoms with Gasteiger partial charge in [0.25, 0.3) is 0 Å². The van der Waals surface area contributed by atoms with Gasteiger partial charge in [0.15, 0.2) is 0 Å². The van der Waals surface area contributed by atoms with E-state index < -0.39 is 0 Å². The molecule has 4 nitrogen and oxygen atoms in total. The van der Waals surface area contributed by atoms with E-state index in [2.05, 4.69) is 20.4 Å². The molecule has 4 heteroatoms. The Hall–Kier alpha value is -0.160. The number of hydrogen-bond acceptors (Lipinski definition) is 4. The first kappa shape index (κ1) is 14.3. The molecule has 0 atom stereocenters. The van der Waals surface area contributed by atoms with Gasteiger partial charge in [-0.1, -0.05) is 0 Å². The van der Waals surface area contributed by atoms with Gasteiger partial charge in [0.1, 0.15) is 0 Å². The Morgan fingerprint density at radius 1 is 0.444 bits per heavy atom. The van der Waals surface area contributed by atoms with Crippen LogP contribution in [0.1, 0.15) is 25.7 Å². The average Bonchev–Trinajstić information content (AvgIpc) is 2.46. The smallest absolute Gasteiger partial charge is 0.0109 e. The topological polar surface area (TPSA) is 30.5 Å². The summed E-state index contributed by atoms with van der Waals surface area (Å²) >= 11 is 0. The Kier molecular flexibility index (Phi) is 7.01. The van der Waals surface area contributed by atoms with Crippen LogP contribution in [-0.2, 0) is 0 Å². The van der Waals surface area contributed by atoms with Crippen molar-refractivity contribution in [2.75, 3.05) is 65.4 Å². The fourth-order valence-electron chi connectivity index (χ4n) is 2.91. The molecule has 2 saturated heterocycles. The Balaban J connectivity index is 1.88. The second-order valence-corrected chi connectivity index (χ2v) is 5.60. The minimum atomic E-state index is 1.19. The Bertz CT molecular complexity index is 172. The molecule has 2 fully saturated rings. The lowest BCUT2D eigenvalue weighted by atomic mass is 10.3. The zero-order valence-corrected chi connectivity index (χ0v) is 11.8. The van der Waals surface area contributed by atoms with Crippen LogP contribution >= 0.6 is 0 Å². The van der Waals surface area contributed by atoms with Gasteiger partial charge in [0.05, 0.1) is 0 Å². The van der Waals surface area contributed by atoms with Crippen LogP contribution in [0, 0.1) is 0 Å². The quantitative estimate of drug-likeness (QED) is 0.653. The Morgan fingerprint density at radius 3 is 1.11 bits per heavy atom. The van der Waals surface area contributed by atoms with E-state index in [-0.39, 0.29) is 0 Å². The largest absolute Gasteiger partial charge is 0.317 e. The predicted octanol–water partition coefficient (Wildman–Crippen LogP) is 0.357. The van der Waals surface area contributed by atoms with E-state index in [0.29, 0.717) is 0 Å². The number of rotatable bonds is 0. The first-order valence-corrected chi connectivity index (χ1v) is 7.81. The fraction of sp³-hybridized carbons (Fsp3) is 1.00. The number of nitrogens with zero attached hydrogens (tertiary/aromatic N) is 2. The molecule has 2 aliphatic heterocycles. The first-order chi connectivity index (χ1) is 8.95. The molecule has 2 aliphatic rings. The van der Waals surface area contributed by atoms with E-state index in [1.807, 2.05) is 0 Å². The predicted molar refractivity (Wildman–Crippen MR) is 77.1 cm³/mol. The van der Waals surface area contributed by atoms with Crippen molar-refractivity contribution in [3.8, 4) is 0 Å². The van der Waals surface area contributed by atoms with Crippen LogP contribution in [0.4, 0.5) is 0 Å². The van der Waals surface area contributed by atoms with Crippen molar-refractivity contribution in [3.63, 3.8) is 0 Å². The zero-order valence-electron chi connectivity index (χ0n) is 11.8. The third kappa shape index (κ3) is 5.65. The van der Waals surface area contributed by atoms with Crippen molar-refractivity contribution in [1.82, 2.24) is 20.4 Å². The molecule has 0 aromatic heterocycles. The molecule has 0 aromatic rings. The number of hydrogen-bond donors (Lipinski definition) is 2. The highest BCUT2D eigenvalue weighted by Crippen LogP contribution is 2.01. The highest BCUT2D eigenvalue weighted by atomic mass is 15.2. The van der Waals surface area contributed by atoms with Gasteiger partial charge < -0.3 is 20.4 Å². The van der Waals surface area contributed by atoms with Crippen molar-refractivity contribution in [2.45, 2.75) is 25.7 Å². The summed E-state index contributed by atoms with van der Waals surface area (Å²) in [7, 11) is 0. The lowest BCUT2D eigenvalue weighted by molar-refractivity contribution is 0.206. The first-order valence-electron chi connectivity index (χ1n) is 7.81. The molecule has 0 amide bonds. The monoisotopic (exact) mass is 254 g/mol. The third-order valence-corrected chi connectivity index (χ3v) is 4.04. The summed E-state index contributed by atoms with van der Waals surface area (Å²) in [5.74, 6) is 0. The lowest BCUT2D eigenvalue weighted by Crippen LogP contribution is -2.37. The molecule has 18 heavy (non-hydrogen) atoms. The van der Waals surface area contributed by atoms with Crippen molar-refractivity contribution < 1.29 is 0 Å². The minimum Gasteiger partial charge on any atom is -0.317 e. The van der Waals surface area contributed by atoms with Gasteiger partial charge in [-0.15, -0.1) is 0 Å². The van der Waals surface area contributed by atoms with Gasteiger partial charge in [0, 0.05) is 13.1 Å². The summed E-state index contributed by atoms with van der Waals surface area (Å²) in [6, 6.07) is 0. The second-order valence-electron chi connectivity index (χ2n) is 5.60. The normalized spacial score (nSPS) is 33.3. The van der Waals surface area contributed by atoms with E-state index in [9.17, 15) is 0 Å². The van der Waals surface area contributed by atoms with Gasteiger partial charge in [0.2, 0.25) is 0 Å². The molecule has 0 unspecified atom stereocenters. The van der Waals surface area contributed by atoms with Crippen molar-refractivity contribution >= 4 is 0 Å². The molecule has 2 N–H and O–H groups in total.